The molecule has 20 heavy (non-hydrogen) atoms. The van der Waals surface area contributed by atoms with Crippen LogP contribution < -0.4 is 10.5 Å². The monoisotopic (exact) mass is 316 g/mol. The van der Waals surface area contributed by atoms with E-state index in [2.05, 4.69) is 14.9 Å². The van der Waals surface area contributed by atoms with Gasteiger partial charge in [-0.2, -0.15) is 9.82 Å². The molecule has 1 aromatic rings. The minimum Gasteiger partial charge on any atom is -0.392 e. The Morgan fingerprint density at radius 1 is 1.30 bits per heavy atom. The maximum Gasteiger partial charge on any atom is 0.244 e. The van der Waals surface area contributed by atoms with E-state index in [1.807, 2.05) is 0 Å². The van der Waals surface area contributed by atoms with E-state index in [-0.39, 0.29) is 9.88 Å². The number of aromatic amines is 1. The Morgan fingerprint density at radius 2 is 1.90 bits per heavy atom. The van der Waals surface area contributed by atoms with Crippen molar-refractivity contribution in [1.82, 2.24) is 14.9 Å². The smallest absolute Gasteiger partial charge is 0.244 e. The zero-order valence-electron chi connectivity index (χ0n) is 11.3. The number of nitrogens with one attached hydrogen (secondary N) is 2. The molecule has 0 saturated heterocycles. The summed E-state index contributed by atoms with van der Waals surface area (Å²) >= 11 is 5.16. The van der Waals surface area contributed by atoms with Crippen molar-refractivity contribution in [2.24, 2.45) is 5.73 Å². The Kier molecular flexibility index (Phi) is 4.77. The lowest BCUT2D eigenvalue weighted by Crippen LogP contribution is -2.56. The third-order valence-corrected chi connectivity index (χ3v) is 5.69. The van der Waals surface area contributed by atoms with Gasteiger partial charge in [-0.15, -0.1) is 0 Å². The molecule has 1 aromatic heterocycles. The van der Waals surface area contributed by atoms with Gasteiger partial charge in [0, 0.05) is 6.20 Å². The van der Waals surface area contributed by atoms with E-state index in [0.717, 1.165) is 25.7 Å². The summed E-state index contributed by atoms with van der Waals surface area (Å²) in [4.78, 5) is 0.335. The largest absolute Gasteiger partial charge is 0.392 e. The SMILES string of the molecule is NC(=S)C1(NS(=O)(=O)c2cn[nH]c2)CCCCCCC1. The van der Waals surface area contributed by atoms with Crippen LogP contribution in [0.25, 0.3) is 0 Å². The number of nitrogens with zero attached hydrogens (tertiary/aromatic N) is 1. The van der Waals surface area contributed by atoms with Crippen LogP contribution in [0, 0.1) is 0 Å². The molecule has 1 fully saturated rings. The molecule has 1 heterocycles. The summed E-state index contributed by atoms with van der Waals surface area (Å²) in [7, 11) is -3.66. The number of sulfonamides is 1. The Labute approximate surface area is 124 Å². The van der Waals surface area contributed by atoms with E-state index in [9.17, 15) is 8.42 Å². The highest BCUT2D eigenvalue weighted by Gasteiger charge is 2.38. The van der Waals surface area contributed by atoms with Gasteiger partial charge in [0.05, 0.1) is 16.7 Å². The van der Waals surface area contributed by atoms with Gasteiger partial charge in [-0.1, -0.05) is 44.3 Å². The molecule has 0 amide bonds. The summed E-state index contributed by atoms with van der Waals surface area (Å²) in [5, 5.41) is 6.18. The minimum absolute atomic E-state index is 0.107. The lowest BCUT2D eigenvalue weighted by atomic mass is 9.85. The van der Waals surface area contributed by atoms with Gasteiger partial charge in [0.15, 0.2) is 0 Å². The molecule has 1 aliphatic rings. The predicted molar refractivity (Wildman–Crippen MR) is 80.7 cm³/mol. The predicted octanol–water partition coefficient (Wildman–Crippen LogP) is 1.46. The fraction of sp³-hybridized carbons (Fsp3) is 0.667. The molecule has 2 rings (SSSR count). The first kappa shape index (κ1) is 15.4. The third-order valence-electron chi connectivity index (χ3n) is 3.79. The van der Waals surface area contributed by atoms with Crippen molar-refractivity contribution < 1.29 is 8.42 Å². The summed E-state index contributed by atoms with van der Waals surface area (Å²) in [5.74, 6) is 0. The molecule has 1 saturated carbocycles. The van der Waals surface area contributed by atoms with Gasteiger partial charge in [0.25, 0.3) is 0 Å². The number of H-pyrrole nitrogens is 1. The van der Waals surface area contributed by atoms with Crippen molar-refractivity contribution in [3.05, 3.63) is 12.4 Å². The van der Waals surface area contributed by atoms with Gasteiger partial charge >= 0.3 is 0 Å². The Hall–Kier alpha value is -0.990. The molecule has 0 spiro atoms. The Balaban J connectivity index is 2.26. The van der Waals surface area contributed by atoms with Crippen LogP contribution >= 0.6 is 12.2 Å². The van der Waals surface area contributed by atoms with E-state index >= 15 is 0 Å². The molecule has 8 heteroatoms. The second-order valence-corrected chi connectivity index (χ2v) is 7.38. The van der Waals surface area contributed by atoms with Crippen molar-refractivity contribution in [2.45, 2.75) is 55.4 Å². The minimum atomic E-state index is -3.66. The lowest BCUT2D eigenvalue weighted by Gasteiger charge is -2.34. The van der Waals surface area contributed by atoms with Gasteiger partial charge in [0.1, 0.15) is 4.90 Å². The zero-order valence-corrected chi connectivity index (χ0v) is 12.9. The first-order valence-corrected chi connectivity index (χ1v) is 8.68. The first-order chi connectivity index (χ1) is 9.46. The highest BCUT2D eigenvalue weighted by Crippen LogP contribution is 2.28. The number of hydrogen-bond donors (Lipinski definition) is 3. The number of hydrogen-bond acceptors (Lipinski definition) is 4. The fourth-order valence-electron chi connectivity index (χ4n) is 2.61. The topological polar surface area (TPSA) is 101 Å². The molecule has 0 aromatic carbocycles. The summed E-state index contributed by atoms with van der Waals surface area (Å²) < 4.78 is 27.5. The van der Waals surface area contributed by atoms with Crippen LogP contribution in [0.15, 0.2) is 17.3 Å². The normalized spacial score (nSPS) is 20.0. The van der Waals surface area contributed by atoms with E-state index in [1.54, 1.807) is 0 Å². The van der Waals surface area contributed by atoms with Crippen LogP contribution in [0.4, 0.5) is 0 Å². The van der Waals surface area contributed by atoms with Gasteiger partial charge in [-0.05, 0) is 12.8 Å². The number of nitrogens with two attached hydrogens (primary N) is 1. The van der Waals surface area contributed by atoms with E-state index in [0.29, 0.717) is 12.8 Å². The molecule has 1 aliphatic carbocycles. The van der Waals surface area contributed by atoms with Crippen LogP contribution in [-0.4, -0.2) is 29.1 Å². The highest BCUT2D eigenvalue weighted by atomic mass is 32.2. The lowest BCUT2D eigenvalue weighted by molar-refractivity contribution is 0.372. The Bertz CT molecular complexity index is 546. The first-order valence-electron chi connectivity index (χ1n) is 6.79. The van der Waals surface area contributed by atoms with Gasteiger partial charge in [0.2, 0.25) is 10.0 Å². The molecule has 0 unspecified atom stereocenters. The summed E-state index contributed by atoms with van der Waals surface area (Å²) in [6.45, 7) is 0. The van der Waals surface area contributed by atoms with Crippen molar-refractivity contribution in [3.63, 3.8) is 0 Å². The summed E-state index contributed by atoms with van der Waals surface area (Å²) in [6.07, 6.45) is 9.11. The average molecular weight is 316 g/mol. The molecular weight excluding hydrogens is 296 g/mol. The van der Waals surface area contributed by atoms with Crippen molar-refractivity contribution >= 4 is 27.2 Å². The zero-order chi connectivity index (χ0) is 14.6. The fourth-order valence-corrected chi connectivity index (χ4v) is 4.28. The molecule has 0 bridgehead atoms. The number of aromatic nitrogens is 2. The average Bonchev–Trinajstić information content (AvgIpc) is 2.86. The molecule has 112 valence electrons. The number of rotatable bonds is 4. The molecule has 0 atom stereocenters. The third kappa shape index (κ3) is 3.36. The van der Waals surface area contributed by atoms with E-state index < -0.39 is 15.6 Å². The van der Waals surface area contributed by atoms with Crippen LogP contribution in [0.5, 0.6) is 0 Å². The van der Waals surface area contributed by atoms with Crippen molar-refractivity contribution in [2.75, 3.05) is 0 Å². The van der Waals surface area contributed by atoms with E-state index in [1.165, 1.54) is 18.8 Å². The van der Waals surface area contributed by atoms with Gasteiger partial charge < -0.3 is 5.73 Å². The van der Waals surface area contributed by atoms with Crippen LogP contribution in [0.2, 0.25) is 0 Å². The number of thiocarbonyl (C=S) groups is 1. The maximum atomic E-state index is 12.4. The molecule has 0 radical (unpaired) electrons. The standard InChI is InChI=1S/C12H20N4O2S2/c13-11(19)12(6-4-2-1-3-5-7-12)16-20(17,18)10-8-14-15-9-10/h8-9,16H,1-7H2,(H2,13,19)(H,14,15). The quantitative estimate of drug-likeness (QED) is 0.730. The van der Waals surface area contributed by atoms with Crippen LogP contribution in [0.1, 0.15) is 44.9 Å². The second-order valence-electron chi connectivity index (χ2n) is 5.25. The summed E-state index contributed by atoms with van der Waals surface area (Å²) in [5.41, 5.74) is 5.05. The highest BCUT2D eigenvalue weighted by molar-refractivity contribution is 7.89. The van der Waals surface area contributed by atoms with Crippen molar-refractivity contribution in [3.8, 4) is 0 Å². The van der Waals surface area contributed by atoms with Gasteiger partial charge in [-0.25, -0.2) is 8.42 Å². The van der Waals surface area contributed by atoms with E-state index in [4.69, 9.17) is 18.0 Å². The molecule has 0 aliphatic heterocycles. The molecule has 4 N–H and O–H groups in total. The maximum absolute atomic E-state index is 12.4. The van der Waals surface area contributed by atoms with Crippen molar-refractivity contribution in [1.29, 1.82) is 0 Å². The molecular formula is C12H20N4O2S2. The van der Waals surface area contributed by atoms with Crippen LogP contribution in [-0.2, 0) is 10.0 Å². The summed E-state index contributed by atoms with van der Waals surface area (Å²) in [6, 6.07) is 0. The van der Waals surface area contributed by atoms with Gasteiger partial charge in [-0.3, -0.25) is 5.10 Å². The Morgan fingerprint density at radius 3 is 2.40 bits per heavy atom. The second kappa shape index (κ2) is 6.19. The molecule has 6 nitrogen and oxygen atoms in total. The van der Waals surface area contributed by atoms with Crippen LogP contribution in [0.3, 0.4) is 0 Å².